The Balaban J connectivity index is 2.25. The minimum atomic E-state index is -0.0753. The summed E-state index contributed by atoms with van der Waals surface area (Å²) in [5.41, 5.74) is 0.599. The number of nitrogens with one attached hydrogen (secondary N) is 2. The Morgan fingerprint density at radius 1 is 1.47 bits per heavy atom. The summed E-state index contributed by atoms with van der Waals surface area (Å²) in [4.78, 5) is 15.4. The van der Waals surface area contributed by atoms with Crippen molar-refractivity contribution in [2.45, 2.75) is 19.9 Å². The second-order valence-corrected chi connectivity index (χ2v) is 3.61. The zero-order valence-corrected chi connectivity index (χ0v) is 9.16. The fourth-order valence-corrected chi connectivity index (χ4v) is 1.14. The van der Waals surface area contributed by atoms with Crippen molar-refractivity contribution in [1.29, 1.82) is 0 Å². The van der Waals surface area contributed by atoms with E-state index < -0.39 is 0 Å². The number of hydrogen-bond acceptors (Lipinski definition) is 3. The molecule has 0 bridgehead atoms. The number of carbonyl (C=O) groups excluding carboxylic acids is 1. The quantitative estimate of drug-likeness (QED) is 0.702. The van der Waals surface area contributed by atoms with Crippen LogP contribution in [0.2, 0.25) is 0 Å². The number of carbonyl (C=O) groups is 1. The van der Waals surface area contributed by atoms with Gasteiger partial charge in [0.2, 0.25) is 0 Å². The van der Waals surface area contributed by atoms with Crippen LogP contribution in [0.1, 0.15) is 24.2 Å². The molecule has 0 aromatic carbocycles. The first-order chi connectivity index (χ1) is 7.20. The van der Waals surface area contributed by atoms with Gasteiger partial charge >= 0.3 is 0 Å². The highest BCUT2D eigenvalue weighted by Gasteiger charge is 2.03. The molecule has 82 valence electrons. The smallest absolute Gasteiger partial charge is 0.252 e. The molecule has 1 aromatic heterocycles. The predicted molar refractivity (Wildman–Crippen MR) is 59.7 cm³/mol. The Hall–Kier alpha value is -1.42. The van der Waals surface area contributed by atoms with Gasteiger partial charge in [-0.15, -0.1) is 0 Å². The first kappa shape index (κ1) is 11.7. The molecule has 0 atom stereocenters. The molecule has 4 heteroatoms. The van der Waals surface area contributed by atoms with E-state index in [1.54, 1.807) is 24.5 Å². The number of hydrogen-bond donors (Lipinski definition) is 2. The molecular weight excluding hydrogens is 190 g/mol. The number of pyridine rings is 1. The molecule has 0 spiro atoms. The third-order valence-electron chi connectivity index (χ3n) is 1.89. The van der Waals surface area contributed by atoms with Gasteiger partial charge in [-0.3, -0.25) is 9.78 Å². The average molecular weight is 207 g/mol. The largest absolute Gasteiger partial charge is 0.351 e. The molecule has 1 amide bonds. The van der Waals surface area contributed by atoms with E-state index >= 15 is 0 Å². The summed E-state index contributed by atoms with van der Waals surface area (Å²) in [6.45, 7) is 5.56. The lowest BCUT2D eigenvalue weighted by molar-refractivity contribution is 0.0953. The molecule has 1 rings (SSSR count). The second-order valence-electron chi connectivity index (χ2n) is 3.61. The summed E-state index contributed by atoms with van der Waals surface area (Å²) < 4.78 is 0. The molecule has 1 aromatic rings. The van der Waals surface area contributed by atoms with Gasteiger partial charge in [-0.1, -0.05) is 13.8 Å². The van der Waals surface area contributed by atoms with Crippen molar-refractivity contribution >= 4 is 5.91 Å². The molecule has 0 aliphatic heterocycles. The lowest BCUT2D eigenvalue weighted by Crippen LogP contribution is -2.34. The molecule has 0 aliphatic carbocycles. The van der Waals surface area contributed by atoms with Gasteiger partial charge in [0, 0.05) is 31.5 Å². The average Bonchev–Trinajstić information content (AvgIpc) is 2.25. The molecule has 2 N–H and O–H groups in total. The van der Waals surface area contributed by atoms with Gasteiger partial charge in [0.05, 0.1) is 5.56 Å². The third kappa shape index (κ3) is 4.56. The van der Waals surface area contributed by atoms with E-state index in [0.717, 1.165) is 6.54 Å². The van der Waals surface area contributed by atoms with Crippen LogP contribution in [0.5, 0.6) is 0 Å². The Morgan fingerprint density at radius 2 is 2.27 bits per heavy atom. The molecule has 4 nitrogen and oxygen atoms in total. The van der Waals surface area contributed by atoms with Crippen LogP contribution >= 0.6 is 0 Å². The van der Waals surface area contributed by atoms with E-state index in [4.69, 9.17) is 0 Å². The van der Waals surface area contributed by atoms with E-state index in [2.05, 4.69) is 29.5 Å². The summed E-state index contributed by atoms with van der Waals surface area (Å²) >= 11 is 0. The summed E-state index contributed by atoms with van der Waals surface area (Å²) in [5.74, 6) is -0.0753. The number of nitrogens with zero attached hydrogens (tertiary/aromatic N) is 1. The SMILES string of the molecule is CC(C)NCCNC(=O)c1cccnc1. The van der Waals surface area contributed by atoms with Gasteiger partial charge in [-0.2, -0.15) is 0 Å². The minimum absolute atomic E-state index is 0.0753. The summed E-state index contributed by atoms with van der Waals surface area (Å²) in [6, 6.07) is 3.94. The number of aromatic nitrogens is 1. The van der Waals surface area contributed by atoms with E-state index in [9.17, 15) is 4.79 Å². The van der Waals surface area contributed by atoms with Crippen molar-refractivity contribution < 1.29 is 4.79 Å². The lowest BCUT2D eigenvalue weighted by atomic mass is 10.3. The van der Waals surface area contributed by atoms with Crippen molar-refractivity contribution in [2.24, 2.45) is 0 Å². The first-order valence-electron chi connectivity index (χ1n) is 5.12. The summed E-state index contributed by atoms with van der Waals surface area (Å²) in [6.07, 6.45) is 3.21. The molecule has 0 unspecified atom stereocenters. The summed E-state index contributed by atoms with van der Waals surface area (Å²) in [7, 11) is 0. The molecule has 0 fully saturated rings. The highest BCUT2D eigenvalue weighted by Crippen LogP contribution is 1.94. The molecule has 0 saturated heterocycles. The third-order valence-corrected chi connectivity index (χ3v) is 1.89. The van der Waals surface area contributed by atoms with Crippen LogP contribution in [0.25, 0.3) is 0 Å². The van der Waals surface area contributed by atoms with Gasteiger partial charge in [0.15, 0.2) is 0 Å². The maximum atomic E-state index is 11.5. The van der Waals surface area contributed by atoms with E-state index in [1.165, 1.54) is 0 Å². The van der Waals surface area contributed by atoms with Crippen LogP contribution in [-0.2, 0) is 0 Å². The van der Waals surface area contributed by atoms with Crippen molar-refractivity contribution in [1.82, 2.24) is 15.6 Å². The Morgan fingerprint density at radius 3 is 2.87 bits per heavy atom. The van der Waals surface area contributed by atoms with Crippen LogP contribution in [0.4, 0.5) is 0 Å². The zero-order chi connectivity index (χ0) is 11.1. The summed E-state index contributed by atoms with van der Waals surface area (Å²) in [5, 5.41) is 6.03. The van der Waals surface area contributed by atoms with Crippen LogP contribution < -0.4 is 10.6 Å². The van der Waals surface area contributed by atoms with Crippen molar-refractivity contribution in [3.8, 4) is 0 Å². The second kappa shape index (κ2) is 6.14. The van der Waals surface area contributed by atoms with Crippen LogP contribution in [0, 0.1) is 0 Å². The van der Waals surface area contributed by atoms with Crippen molar-refractivity contribution in [3.05, 3.63) is 30.1 Å². The Kier molecular flexibility index (Phi) is 4.77. The molecule has 1 heterocycles. The van der Waals surface area contributed by atoms with E-state index in [0.29, 0.717) is 18.2 Å². The Bertz CT molecular complexity index is 298. The van der Waals surface area contributed by atoms with Gasteiger partial charge < -0.3 is 10.6 Å². The lowest BCUT2D eigenvalue weighted by Gasteiger charge is -2.08. The maximum absolute atomic E-state index is 11.5. The minimum Gasteiger partial charge on any atom is -0.351 e. The molecule has 0 aliphatic rings. The van der Waals surface area contributed by atoms with Gasteiger partial charge in [-0.25, -0.2) is 0 Å². The van der Waals surface area contributed by atoms with E-state index in [1.807, 2.05) is 0 Å². The van der Waals surface area contributed by atoms with Crippen molar-refractivity contribution in [3.63, 3.8) is 0 Å². The molecule has 0 saturated carbocycles. The zero-order valence-electron chi connectivity index (χ0n) is 9.16. The highest BCUT2D eigenvalue weighted by molar-refractivity contribution is 5.93. The van der Waals surface area contributed by atoms with Crippen LogP contribution in [0.3, 0.4) is 0 Å². The standard InChI is InChI=1S/C11H17N3O/c1-9(2)13-6-7-14-11(15)10-4-3-5-12-8-10/h3-5,8-9,13H,6-7H2,1-2H3,(H,14,15). The molecule has 15 heavy (non-hydrogen) atoms. The first-order valence-corrected chi connectivity index (χ1v) is 5.12. The Labute approximate surface area is 90.1 Å². The molecular formula is C11H17N3O. The predicted octanol–water partition coefficient (Wildman–Crippen LogP) is 0.809. The normalized spacial score (nSPS) is 10.3. The fraction of sp³-hybridized carbons (Fsp3) is 0.455. The molecule has 0 radical (unpaired) electrons. The topological polar surface area (TPSA) is 54.0 Å². The van der Waals surface area contributed by atoms with Gasteiger partial charge in [-0.05, 0) is 12.1 Å². The van der Waals surface area contributed by atoms with Gasteiger partial charge in [0.25, 0.3) is 5.91 Å². The monoisotopic (exact) mass is 207 g/mol. The maximum Gasteiger partial charge on any atom is 0.252 e. The fourth-order valence-electron chi connectivity index (χ4n) is 1.14. The van der Waals surface area contributed by atoms with Gasteiger partial charge in [0.1, 0.15) is 0 Å². The van der Waals surface area contributed by atoms with Crippen molar-refractivity contribution in [2.75, 3.05) is 13.1 Å². The van der Waals surface area contributed by atoms with Crippen LogP contribution in [-0.4, -0.2) is 30.0 Å². The highest BCUT2D eigenvalue weighted by atomic mass is 16.1. The van der Waals surface area contributed by atoms with E-state index in [-0.39, 0.29) is 5.91 Å². The number of amides is 1. The van der Waals surface area contributed by atoms with Crippen LogP contribution in [0.15, 0.2) is 24.5 Å². The number of rotatable bonds is 5.